The van der Waals surface area contributed by atoms with Crippen molar-refractivity contribution in [2.45, 2.75) is 6.42 Å². The zero-order valence-corrected chi connectivity index (χ0v) is 5.47. The molecular formula is C6H6ClNO. The molecule has 3 heteroatoms. The van der Waals surface area contributed by atoms with Crippen LogP contribution in [0.15, 0.2) is 28.4 Å². The number of hydrogen-bond acceptors (Lipinski definition) is 2. The Labute approximate surface area is 58.1 Å². The van der Waals surface area contributed by atoms with Gasteiger partial charge in [-0.15, -0.1) is 0 Å². The Morgan fingerprint density at radius 3 is 2.89 bits per heavy atom. The maximum atomic E-state index is 8.26. The summed E-state index contributed by atoms with van der Waals surface area (Å²) in [6, 6.07) is 0. The van der Waals surface area contributed by atoms with Crippen LogP contribution >= 0.6 is 11.6 Å². The first-order valence-electron chi connectivity index (χ1n) is 2.56. The Morgan fingerprint density at radius 1 is 1.67 bits per heavy atom. The summed E-state index contributed by atoms with van der Waals surface area (Å²) in [6.07, 6.45) is 5.78. The minimum absolute atomic E-state index is 0.536. The first-order chi connectivity index (χ1) is 4.33. The Balaban J connectivity index is 2.73. The van der Waals surface area contributed by atoms with E-state index in [2.05, 4.69) is 5.16 Å². The van der Waals surface area contributed by atoms with E-state index in [0.29, 0.717) is 17.2 Å². The fourth-order valence-corrected chi connectivity index (χ4v) is 0.833. The predicted molar refractivity (Wildman–Crippen MR) is 36.9 cm³/mol. The van der Waals surface area contributed by atoms with Crippen molar-refractivity contribution < 1.29 is 5.21 Å². The first kappa shape index (κ1) is 6.36. The van der Waals surface area contributed by atoms with Crippen LogP contribution in [-0.2, 0) is 0 Å². The molecular weight excluding hydrogens is 138 g/mol. The molecule has 0 aromatic heterocycles. The van der Waals surface area contributed by atoms with Crippen molar-refractivity contribution in [1.29, 1.82) is 0 Å². The number of rotatable bonds is 0. The second-order valence-electron chi connectivity index (χ2n) is 1.74. The van der Waals surface area contributed by atoms with Crippen molar-refractivity contribution >= 4 is 17.3 Å². The second-order valence-corrected chi connectivity index (χ2v) is 2.23. The van der Waals surface area contributed by atoms with E-state index >= 15 is 0 Å². The third kappa shape index (κ3) is 1.57. The van der Waals surface area contributed by atoms with Crippen molar-refractivity contribution in [2.75, 3.05) is 0 Å². The zero-order chi connectivity index (χ0) is 6.69. The molecule has 0 saturated carbocycles. The lowest BCUT2D eigenvalue weighted by molar-refractivity contribution is 0.318. The highest BCUT2D eigenvalue weighted by Gasteiger charge is 2.01. The maximum absolute atomic E-state index is 8.26. The van der Waals surface area contributed by atoms with Crippen LogP contribution in [0.1, 0.15) is 6.42 Å². The predicted octanol–water partition coefficient (Wildman–Crippen LogP) is 1.90. The monoisotopic (exact) mass is 143 g/mol. The van der Waals surface area contributed by atoms with Crippen LogP contribution in [0.5, 0.6) is 0 Å². The molecule has 2 nitrogen and oxygen atoms in total. The summed E-state index contributed by atoms with van der Waals surface area (Å²) in [5.74, 6) is 0. The van der Waals surface area contributed by atoms with Gasteiger partial charge in [-0.2, -0.15) is 0 Å². The van der Waals surface area contributed by atoms with E-state index < -0.39 is 0 Å². The van der Waals surface area contributed by atoms with E-state index in [9.17, 15) is 0 Å². The van der Waals surface area contributed by atoms with E-state index in [-0.39, 0.29) is 0 Å². The molecule has 0 amide bonds. The van der Waals surface area contributed by atoms with E-state index in [1.807, 2.05) is 0 Å². The molecule has 0 spiro atoms. The Bertz CT molecular complexity index is 193. The molecule has 0 aliphatic heterocycles. The fourth-order valence-electron chi connectivity index (χ4n) is 0.623. The molecule has 1 aliphatic rings. The van der Waals surface area contributed by atoms with Gasteiger partial charge >= 0.3 is 0 Å². The fraction of sp³-hybridized carbons (Fsp3) is 0.167. The average Bonchev–Trinajstić information content (AvgIpc) is 1.88. The largest absolute Gasteiger partial charge is 0.411 e. The van der Waals surface area contributed by atoms with Crippen LogP contribution in [0.3, 0.4) is 0 Å². The molecule has 0 aromatic carbocycles. The molecule has 9 heavy (non-hydrogen) atoms. The molecule has 48 valence electrons. The quantitative estimate of drug-likeness (QED) is 0.408. The summed E-state index contributed by atoms with van der Waals surface area (Å²) in [4.78, 5) is 0. The van der Waals surface area contributed by atoms with E-state index in [1.165, 1.54) is 0 Å². The second kappa shape index (κ2) is 2.69. The molecule has 0 saturated heterocycles. The zero-order valence-electron chi connectivity index (χ0n) is 4.71. The Hall–Kier alpha value is -0.760. The highest BCUT2D eigenvalue weighted by atomic mass is 35.5. The van der Waals surface area contributed by atoms with Crippen molar-refractivity contribution in [3.8, 4) is 0 Å². The summed E-state index contributed by atoms with van der Waals surface area (Å²) in [7, 11) is 0. The molecule has 0 atom stereocenters. The van der Waals surface area contributed by atoms with Crippen molar-refractivity contribution in [3.05, 3.63) is 23.3 Å². The van der Waals surface area contributed by atoms with Gasteiger partial charge in [0, 0.05) is 11.5 Å². The van der Waals surface area contributed by atoms with Crippen LogP contribution in [0, 0.1) is 0 Å². The lowest BCUT2D eigenvalue weighted by Crippen LogP contribution is -1.96. The number of allylic oxidation sites excluding steroid dienone is 4. The molecule has 0 heterocycles. The summed E-state index contributed by atoms with van der Waals surface area (Å²) in [5, 5.41) is 12.0. The van der Waals surface area contributed by atoms with Crippen molar-refractivity contribution in [2.24, 2.45) is 5.16 Å². The van der Waals surface area contributed by atoms with Gasteiger partial charge in [0.05, 0.1) is 5.71 Å². The van der Waals surface area contributed by atoms with Gasteiger partial charge in [-0.05, 0) is 12.2 Å². The third-order valence-corrected chi connectivity index (χ3v) is 1.30. The molecule has 1 rings (SSSR count). The highest BCUT2D eigenvalue weighted by Crippen LogP contribution is 2.12. The van der Waals surface area contributed by atoms with Crippen LogP contribution in [-0.4, -0.2) is 10.9 Å². The van der Waals surface area contributed by atoms with Gasteiger partial charge < -0.3 is 5.21 Å². The van der Waals surface area contributed by atoms with E-state index in [1.54, 1.807) is 18.2 Å². The molecule has 1 aliphatic carbocycles. The smallest absolute Gasteiger partial charge is 0.0848 e. The first-order valence-corrected chi connectivity index (χ1v) is 2.94. The molecule has 1 N–H and O–H groups in total. The SMILES string of the molecule is ON=C1C=CC=C(Cl)C1. The lowest BCUT2D eigenvalue weighted by atomic mass is 10.2. The van der Waals surface area contributed by atoms with Gasteiger partial charge in [0.15, 0.2) is 0 Å². The topological polar surface area (TPSA) is 32.6 Å². The number of hydrogen-bond donors (Lipinski definition) is 1. The minimum atomic E-state index is 0.536. The molecule has 0 radical (unpaired) electrons. The Kier molecular flexibility index (Phi) is 1.90. The van der Waals surface area contributed by atoms with Crippen molar-refractivity contribution in [1.82, 2.24) is 0 Å². The number of halogens is 1. The molecule has 0 fully saturated rings. The van der Waals surface area contributed by atoms with Gasteiger partial charge in [-0.1, -0.05) is 22.8 Å². The summed E-state index contributed by atoms with van der Waals surface area (Å²) >= 11 is 5.61. The van der Waals surface area contributed by atoms with E-state index in [4.69, 9.17) is 16.8 Å². The standard InChI is InChI=1S/C6H6ClNO/c7-5-2-1-3-6(4-5)8-9/h1-3,9H,4H2. The third-order valence-electron chi connectivity index (χ3n) is 1.04. The highest BCUT2D eigenvalue weighted by molar-refractivity contribution is 6.32. The van der Waals surface area contributed by atoms with Gasteiger partial charge in [0.2, 0.25) is 0 Å². The van der Waals surface area contributed by atoms with Crippen LogP contribution in [0.2, 0.25) is 0 Å². The number of nitrogens with zero attached hydrogens (tertiary/aromatic N) is 1. The Morgan fingerprint density at radius 2 is 2.44 bits per heavy atom. The molecule has 0 bridgehead atoms. The maximum Gasteiger partial charge on any atom is 0.0848 e. The van der Waals surface area contributed by atoms with Crippen LogP contribution in [0.25, 0.3) is 0 Å². The van der Waals surface area contributed by atoms with Gasteiger partial charge in [0.25, 0.3) is 0 Å². The molecule has 0 aromatic rings. The van der Waals surface area contributed by atoms with E-state index in [0.717, 1.165) is 0 Å². The van der Waals surface area contributed by atoms with Gasteiger partial charge in [0.1, 0.15) is 0 Å². The number of oxime groups is 1. The summed E-state index contributed by atoms with van der Waals surface area (Å²) in [6.45, 7) is 0. The summed E-state index contributed by atoms with van der Waals surface area (Å²) < 4.78 is 0. The molecule has 0 unspecified atom stereocenters. The van der Waals surface area contributed by atoms with Crippen molar-refractivity contribution in [3.63, 3.8) is 0 Å². The van der Waals surface area contributed by atoms with Gasteiger partial charge in [-0.3, -0.25) is 0 Å². The average molecular weight is 144 g/mol. The minimum Gasteiger partial charge on any atom is -0.411 e. The summed E-state index contributed by atoms with van der Waals surface area (Å²) in [5.41, 5.74) is 0.600. The van der Waals surface area contributed by atoms with Crippen LogP contribution in [0.4, 0.5) is 0 Å². The van der Waals surface area contributed by atoms with Crippen LogP contribution < -0.4 is 0 Å². The normalized spacial score (nSPS) is 22.3. The lowest BCUT2D eigenvalue weighted by Gasteiger charge is -2.00. The van der Waals surface area contributed by atoms with Gasteiger partial charge in [-0.25, -0.2) is 0 Å².